The lowest BCUT2D eigenvalue weighted by atomic mass is 10.3. The van der Waals surface area contributed by atoms with Gasteiger partial charge in [-0.2, -0.15) is 0 Å². The van der Waals surface area contributed by atoms with Crippen LogP contribution in [0.25, 0.3) is 0 Å². The average Bonchev–Trinajstić information content (AvgIpc) is 2.06. The number of hydrogen-bond acceptors (Lipinski definition) is 3. The van der Waals surface area contributed by atoms with Crippen molar-refractivity contribution in [1.82, 2.24) is 0 Å². The molecular weight excluding hydrogens is 184 g/mol. The summed E-state index contributed by atoms with van der Waals surface area (Å²) in [4.78, 5) is 0. The Morgan fingerprint density at radius 3 is 1.36 bits per heavy atom. The highest BCUT2D eigenvalue weighted by Gasteiger charge is 2.30. The van der Waals surface area contributed by atoms with Crippen molar-refractivity contribution >= 4 is 0 Å². The largest absolute Gasteiger partial charge is 0.412 e. The van der Waals surface area contributed by atoms with Gasteiger partial charge in [0, 0.05) is 26.2 Å². The van der Waals surface area contributed by atoms with Gasteiger partial charge in [-0.05, 0) is 27.2 Å². The van der Waals surface area contributed by atoms with E-state index in [1.165, 1.54) is 0 Å². The molecule has 0 amide bonds. The summed E-state index contributed by atoms with van der Waals surface area (Å²) in [7, 11) is 0. The third-order valence-electron chi connectivity index (χ3n) is 1.65. The van der Waals surface area contributed by atoms with Gasteiger partial charge in [-0.15, -0.1) is 0 Å². The molecule has 0 radical (unpaired) electrons. The minimum atomic E-state index is -0.799. The van der Waals surface area contributed by atoms with Crippen LogP contribution >= 0.6 is 0 Å². The van der Waals surface area contributed by atoms with E-state index in [1.807, 2.05) is 20.8 Å². The second kappa shape index (κ2) is 9.40. The fourth-order valence-corrected chi connectivity index (χ4v) is 1.31. The van der Waals surface area contributed by atoms with E-state index in [-0.39, 0.29) is 5.48 Å². The van der Waals surface area contributed by atoms with Crippen molar-refractivity contribution in [3.63, 3.8) is 0 Å². The third kappa shape index (κ3) is 5.54. The molecule has 14 heavy (non-hydrogen) atoms. The van der Waals surface area contributed by atoms with E-state index in [2.05, 4.69) is 6.92 Å². The Morgan fingerprint density at radius 1 is 0.786 bits per heavy atom. The molecule has 0 bridgehead atoms. The van der Waals surface area contributed by atoms with Crippen LogP contribution in [-0.2, 0) is 14.2 Å². The van der Waals surface area contributed by atoms with Crippen molar-refractivity contribution in [3.8, 4) is 0 Å². The lowest BCUT2D eigenvalue weighted by Crippen LogP contribution is -2.39. The van der Waals surface area contributed by atoms with Gasteiger partial charge in [-0.3, -0.25) is 0 Å². The van der Waals surface area contributed by atoms with Crippen LogP contribution in [0.5, 0.6) is 0 Å². The van der Waals surface area contributed by atoms with E-state index >= 15 is 0 Å². The monoisotopic (exact) mass is 208 g/mol. The Morgan fingerprint density at radius 2 is 1.14 bits per heavy atom. The van der Waals surface area contributed by atoms with Gasteiger partial charge < -0.3 is 19.7 Å². The number of ether oxygens (including phenoxy) is 3. The maximum Gasteiger partial charge on any atom is 0.282 e. The van der Waals surface area contributed by atoms with E-state index < -0.39 is 5.97 Å². The minimum Gasteiger partial charge on any atom is -0.412 e. The normalized spacial score (nSPS) is 11.1. The van der Waals surface area contributed by atoms with Gasteiger partial charge in [0.25, 0.3) is 5.97 Å². The van der Waals surface area contributed by atoms with E-state index in [4.69, 9.17) is 14.2 Å². The van der Waals surface area contributed by atoms with Crippen LogP contribution in [0.15, 0.2) is 0 Å². The summed E-state index contributed by atoms with van der Waals surface area (Å²) in [5.74, 6) is -0.799. The summed E-state index contributed by atoms with van der Waals surface area (Å²) in [6.07, 6.45) is 1.77. The first-order chi connectivity index (χ1) is 6.24. The minimum absolute atomic E-state index is 0. The molecule has 0 aromatic heterocycles. The fraction of sp³-hybridized carbons (Fsp3) is 1.00. The summed E-state index contributed by atoms with van der Waals surface area (Å²) >= 11 is 0. The zero-order valence-electron chi connectivity index (χ0n) is 9.76. The van der Waals surface area contributed by atoms with Crippen LogP contribution in [0.3, 0.4) is 0 Å². The standard InChI is InChI=1S/C10H22O3.H2O/c1-5-9-10(11-6-2,12-7-3)13-8-4;/h5-9H2,1-4H3;1H2. The molecule has 4 heteroatoms. The molecule has 0 aliphatic carbocycles. The Bertz CT molecular complexity index is 87.2. The molecule has 0 saturated carbocycles. The molecule has 0 saturated heterocycles. The van der Waals surface area contributed by atoms with Crippen molar-refractivity contribution in [2.45, 2.75) is 46.5 Å². The summed E-state index contributed by atoms with van der Waals surface area (Å²) in [5.41, 5.74) is 0. The SMILES string of the molecule is CCCC(OCC)(OCC)OCC.O. The van der Waals surface area contributed by atoms with Gasteiger partial charge in [-0.1, -0.05) is 6.92 Å². The lowest BCUT2D eigenvalue weighted by molar-refractivity contribution is -0.379. The van der Waals surface area contributed by atoms with Gasteiger partial charge in [0.2, 0.25) is 0 Å². The van der Waals surface area contributed by atoms with Gasteiger partial charge in [0.05, 0.1) is 0 Å². The molecule has 0 fully saturated rings. The fourth-order valence-electron chi connectivity index (χ4n) is 1.31. The van der Waals surface area contributed by atoms with Gasteiger partial charge in [-0.25, -0.2) is 0 Å². The van der Waals surface area contributed by atoms with Gasteiger partial charge >= 0.3 is 0 Å². The second-order valence-electron chi connectivity index (χ2n) is 2.73. The lowest BCUT2D eigenvalue weighted by Gasteiger charge is -2.31. The van der Waals surface area contributed by atoms with Crippen LogP contribution < -0.4 is 0 Å². The number of hydrogen-bond donors (Lipinski definition) is 0. The predicted molar refractivity (Wildman–Crippen MR) is 56.1 cm³/mol. The van der Waals surface area contributed by atoms with Crippen LogP contribution in [0.2, 0.25) is 0 Å². The highest BCUT2D eigenvalue weighted by Crippen LogP contribution is 2.21. The second-order valence-corrected chi connectivity index (χ2v) is 2.73. The molecule has 88 valence electrons. The molecule has 0 aliphatic rings. The molecule has 0 atom stereocenters. The average molecular weight is 208 g/mol. The molecule has 2 N–H and O–H groups in total. The Kier molecular flexibility index (Phi) is 10.9. The van der Waals surface area contributed by atoms with Crippen molar-refractivity contribution in [3.05, 3.63) is 0 Å². The van der Waals surface area contributed by atoms with Gasteiger partial charge in [0.1, 0.15) is 0 Å². The van der Waals surface area contributed by atoms with Crippen molar-refractivity contribution in [2.24, 2.45) is 0 Å². The number of rotatable bonds is 8. The van der Waals surface area contributed by atoms with Gasteiger partial charge in [0.15, 0.2) is 0 Å². The van der Waals surface area contributed by atoms with Crippen LogP contribution in [-0.4, -0.2) is 31.3 Å². The molecule has 0 aromatic rings. The molecule has 0 rings (SSSR count). The van der Waals surface area contributed by atoms with E-state index in [9.17, 15) is 0 Å². The quantitative estimate of drug-likeness (QED) is 0.571. The first-order valence-electron chi connectivity index (χ1n) is 5.16. The zero-order valence-corrected chi connectivity index (χ0v) is 9.76. The van der Waals surface area contributed by atoms with Crippen LogP contribution in [0.4, 0.5) is 0 Å². The third-order valence-corrected chi connectivity index (χ3v) is 1.65. The van der Waals surface area contributed by atoms with E-state index in [1.54, 1.807) is 0 Å². The summed E-state index contributed by atoms with van der Waals surface area (Å²) in [5, 5.41) is 0. The Labute approximate surface area is 86.8 Å². The van der Waals surface area contributed by atoms with Crippen LogP contribution in [0, 0.1) is 0 Å². The van der Waals surface area contributed by atoms with Crippen molar-refractivity contribution < 1.29 is 19.7 Å². The molecule has 0 aliphatic heterocycles. The first kappa shape index (κ1) is 16.3. The molecule has 0 heterocycles. The van der Waals surface area contributed by atoms with E-state index in [0.717, 1.165) is 12.8 Å². The highest BCUT2D eigenvalue weighted by atomic mass is 16.9. The Hall–Kier alpha value is -0.160. The van der Waals surface area contributed by atoms with E-state index in [0.29, 0.717) is 19.8 Å². The highest BCUT2D eigenvalue weighted by molar-refractivity contribution is 4.56. The molecule has 4 nitrogen and oxygen atoms in total. The molecule has 0 spiro atoms. The predicted octanol–water partition coefficient (Wildman–Crippen LogP) is 1.73. The van der Waals surface area contributed by atoms with Crippen LogP contribution in [0.1, 0.15) is 40.5 Å². The maximum atomic E-state index is 5.51. The molecule has 0 aromatic carbocycles. The zero-order chi connectivity index (χ0) is 10.2. The summed E-state index contributed by atoms with van der Waals surface area (Å²) < 4.78 is 16.5. The topological polar surface area (TPSA) is 59.2 Å². The maximum absolute atomic E-state index is 5.51. The summed E-state index contributed by atoms with van der Waals surface area (Å²) in [6.45, 7) is 9.76. The smallest absolute Gasteiger partial charge is 0.282 e. The first-order valence-corrected chi connectivity index (χ1v) is 5.16. The van der Waals surface area contributed by atoms with Crippen molar-refractivity contribution in [1.29, 1.82) is 0 Å². The van der Waals surface area contributed by atoms with Crippen molar-refractivity contribution in [2.75, 3.05) is 19.8 Å². The Balaban J connectivity index is 0. The summed E-state index contributed by atoms with van der Waals surface area (Å²) in [6, 6.07) is 0. The molecule has 0 unspecified atom stereocenters. The molecular formula is C10H24O4.